The standard InChI is InChI=1S/C34H55N3O4S.C11H21NO.C9H15ClO.C3H6.C2H6.C2H2.CH5N/c1-9-11-12-18-41-19-17-35-31(34(6,7)8)33(40)37-22-28(38)20-29(37)32(39)36-21-26-13-15-27(16-14-26)30(24(3)4)42-23-25(5)10-2;1-6-8(13)12-9-10(2,3)7-11(9,4)5;1-5-8(11-4)6-9(10)7(2)3;1-3-2;3*1-2/h13-16,23,28-29,31,35,38H,9-12,17-22H2,1-8H3,(H,36,39);9H,6-7H2,1-5H3,(H,12,13);6H,5H2,1-4H3;3H,1H2,2H3;1-2H3;1-2H;2H2,1H3/b25-23+;;8-6+;;;;/t28-,29?,31?;;;;;;/m1....../s1. The Bertz CT molecular complexity index is 1870. The summed E-state index contributed by atoms with van der Waals surface area (Å²) in [6.07, 6.45) is 18.1. The van der Waals surface area contributed by atoms with E-state index in [1.54, 1.807) is 29.8 Å². The molecule has 1 aromatic rings. The number of benzene rings is 1. The van der Waals surface area contributed by atoms with Gasteiger partial charge in [0.1, 0.15) is 6.04 Å². The second kappa shape index (κ2) is 43.2. The predicted molar refractivity (Wildman–Crippen MR) is 327 cm³/mol. The number of carbonyl (C=O) groups is 3. The van der Waals surface area contributed by atoms with Crippen molar-refractivity contribution in [3.05, 3.63) is 87.0 Å². The minimum atomic E-state index is -0.725. The van der Waals surface area contributed by atoms with Crippen LogP contribution < -0.4 is 21.7 Å². The SMILES string of the molecule is C#C.C=CC.CC.CC/C(=C\C(Cl)=C(C)C)OC.CCC(=O)NC1C(C)(C)CC1(C)C.CCCCCOCCNC(C(=O)N1C[C@H](O)CC1C(=O)NCc1ccc(C(S/C=C(\C)CC)=C(C)C)cc1)C(C)(C)C.CN. The van der Waals surface area contributed by atoms with Crippen LogP contribution in [-0.2, 0) is 30.4 Å². The number of allylic oxidation sites excluding steroid dienone is 7. The van der Waals surface area contributed by atoms with Crippen LogP contribution in [-0.4, -0.2) is 92.4 Å². The van der Waals surface area contributed by atoms with Gasteiger partial charge in [-0.1, -0.05) is 173 Å². The number of likely N-dealkylation sites (tertiary alicyclic amines) is 1. The summed E-state index contributed by atoms with van der Waals surface area (Å²) in [5.41, 5.74) is 10.5. The number of ether oxygens (including phenoxy) is 2. The molecule has 1 heterocycles. The van der Waals surface area contributed by atoms with Gasteiger partial charge in [0.05, 0.1) is 31.6 Å². The Morgan fingerprint density at radius 1 is 0.933 bits per heavy atom. The van der Waals surface area contributed by atoms with Crippen molar-refractivity contribution in [2.45, 2.75) is 214 Å². The lowest BCUT2D eigenvalue weighted by atomic mass is 9.52. The van der Waals surface area contributed by atoms with E-state index in [1.807, 2.05) is 87.4 Å². The molecule has 3 rings (SSSR count). The topological polar surface area (TPSA) is 155 Å². The number of hydrogen-bond donors (Lipinski definition) is 5. The van der Waals surface area contributed by atoms with Gasteiger partial charge in [0.2, 0.25) is 17.7 Å². The number of terminal acetylenes is 1. The molecule has 1 saturated heterocycles. The first kappa shape index (κ1) is 77.7. The van der Waals surface area contributed by atoms with Crippen LogP contribution in [0.15, 0.2) is 75.9 Å². The summed E-state index contributed by atoms with van der Waals surface area (Å²) in [5, 5.41) is 22.9. The predicted octanol–water partition coefficient (Wildman–Crippen LogP) is 14.1. The zero-order valence-corrected chi connectivity index (χ0v) is 52.8. The lowest BCUT2D eigenvalue weighted by molar-refractivity contribution is -0.142. The van der Waals surface area contributed by atoms with E-state index < -0.39 is 18.2 Å². The highest BCUT2D eigenvalue weighted by atomic mass is 35.5. The Balaban J connectivity index is -0.000000617. The van der Waals surface area contributed by atoms with Gasteiger partial charge in [-0.05, 0) is 107 Å². The summed E-state index contributed by atoms with van der Waals surface area (Å²) in [5.74, 6) is 0.687. The maximum atomic E-state index is 13.7. The van der Waals surface area contributed by atoms with Crippen LogP contribution in [0.25, 0.3) is 4.91 Å². The molecule has 432 valence electrons. The van der Waals surface area contributed by atoms with Crippen molar-refractivity contribution in [3.8, 4) is 12.8 Å². The largest absolute Gasteiger partial charge is 0.501 e. The highest BCUT2D eigenvalue weighted by Gasteiger charge is 2.53. The van der Waals surface area contributed by atoms with E-state index in [0.29, 0.717) is 32.2 Å². The second-order valence-corrected chi connectivity index (χ2v) is 22.4. The maximum absolute atomic E-state index is 13.7. The molecule has 3 amide bonds. The Morgan fingerprint density at radius 2 is 1.48 bits per heavy atom. The van der Waals surface area contributed by atoms with Crippen LogP contribution >= 0.6 is 23.4 Å². The van der Waals surface area contributed by atoms with Gasteiger partial charge in [-0.15, -0.1) is 19.4 Å². The molecule has 2 unspecified atom stereocenters. The van der Waals surface area contributed by atoms with Gasteiger partial charge in [-0.25, -0.2) is 0 Å². The van der Waals surface area contributed by atoms with Crippen molar-refractivity contribution in [1.82, 2.24) is 20.9 Å². The molecule has 0 spiro atoms. The van der Waals surface area contributed by atoms with Gasteiger partial charge < -0.3 is 41.2 Å². The van der Waals surface area contributed by atoms with Crippen molar-refractivity contribution >= 4 is 46.0 Å². The van der Waals surface area contributed by atoms with Crippen LogP contribution in [0.5, 0.6) is 0 Å². The van der Waals surface area contributed by atoms with Gasteiger partial charge in [0.25, 0.3) is 0 Å². The number of amides is 3. The normalized spacial score (nSPS) is 16.5. The molecule has 6 N–H and O–H groups in total. The fourth-order valence-electron chi connectivity index (χ4n) is 8.42. The Kier molecular flexibility index (Phi) is 44.7. The van der Waals surface area contributed by atoms with Gasteiger partial charge in [-0.3, -0.25) is 14.4 Å². The second-order valence-electron chi connectivity index (χ2n) is 21.1. The maximum Gasteiger partial charge on any atom is 0.243 e. The molecular formula is C62H110ClN5O6S. The molecule has 1 aromatic carbocycles. The fourth-order valence-corrected chi connectivity index (χ4v) is 9.53. The number of aliphatic hydroxyl groups is 1. The number of halogens is 1. The Hall–Kier alpha value is -3.83. The molecule has 75 heavy (non-hydrogen) atoms. The molecule has 1 aliphatic heterocycles. The summed E-state index contributed by atoms with van der Waals surface area (Å²) < 4.78 is 10.8. The summed E-state index contributed by atoms with van der Waals surface area (Å²) >= 11 is 7.64. The first-order valence-electron chi connectivity index (χ1n) is 27.2. The van der Waals surface area contributed by atoms with Crippen molar-refractivity contribution in [2.75, 3.05) is 40.5 Å². The molecule has 0 bridgehead atoms. The zero-order valence-electron chi connectivity index (χ0n) is 51.2. The molecule has 0 aromatic heterocycles. The van der Waals surface area contributed by atoms with Crippen LogP contribution in [0.2, 0.25) is 0 Å². The number of nitrogens with one attached hydrogen (secondary N) is 3. The summed E-state index contributed by atoms with van der Waals surface area (Å²) in [7, 11) is 3.16. The van der Waals surface area contributed by atoms with Crippen LogP contribution in [0.1, 0.15) is 194 Å². The van der Waals surface area contributed by atoms with Crippen molar-refractivity contribution in [1.29, 1.82) is 0 Å². The highest BCUT2D eigenvalue weighted by Crippen LogP contribution is 2.53. The molecule has 2 aliphatic rings. The van der Waals surface area contributed by atoms with E-state index in [4.69, 9.17) is 21.1 Å². The van der Waals surface area contributed by atoms with Gasteiger partial charge in [-0.2, -0.15) is 0 Å². The van der Waals surface area contributed by atoms with Crippen LogP contribution in [0.3, 0.4) is 0 Å². The third-order valence-electron chi connectivity index (χ3n) is 12.0. The average molecular weight is 1090 g/mol. The number of β-amino-alcohol motifs (C(OH)–C–C–N with tert-alkyl or cyclic N) is 1. The number of thioether (sulfide) groups is 1. The number of rotatable bonds is 21. The fraction of sp³-hybridized carbons (Fsp3) is 0.661. The summed E-state index contributed by atoms with van der Waals surface area (Å²) in [6.45, 7) is 45.1. The number of carbonyl (C=O) groups excluding carboxylic acids is 3. The lowest BCUT2D eigenvalue weighted by Gasteiger charge is -2.57. The van der Waals surface area contributed by atoms with Gasteiger partial charge >= 0.3 is 0 Å². The smallest absolute Gasteiger partial charge is 0.243 e. The lowest BCUT2D eigenvalue weighted by Crippen LogP contribution is -2.63. The molecule has 0 radical (unpaired) electrons. The quantitative estimate of drug-likeness (QED) is 0.0266. The van der Waals surface area contributed by atoms with Crippen LogP contribution in [0, 0.1) is 29.1 Å². The molecule has 1 aliphatic carbocycles. The third kappa shape index (κ3) is 31.9. The molecule has 13 heteroatoms. The first-order chi connectivity index (χ1) is 35.2. The Labute approximate surface area is 469 Å². The third-order valence-corrected chi connectivity index (χ3v) is 13.9. The number of nitrogens with two attached hydrogens (primary N) is 1. The van der Waals surface area contributed by atoms with E-state index in [9.17, 15) is 19.5 Å². The number of unbranched alkanes of at least 4 members (excludes halogenated alkanes) is 2. The van der Waals surface area contributed by atoms with E-state index in [2.05, 4.69) is 121 Å². The van der Waals surface area contributed by atoms with Gasteiger partial charge in [0.15, 0.2) is 0 Å². The minimum absolute atomic E-state index is 0.155. The van der Waals surface area contributed by atoms with Crippen molar-refractivity contribution < 1.29 is 29.0 Å². The number of hydrogen-bond acceptors (Lipinski definition) is 9. The van der Waals surface area contributed by atoms with E-state index >= 15 is 0 Å². The summed E-state index contributed by atoms with van der Waals surface area (Å²) in [6, 6.07) is 7.39. The number of methoxy groups -OCH3 is 1. The first-order valence-corrected chi connectivity index (χ1v) is 28.5. The molecule has 2 fully saturated rings. The minimum Gasteiger partial charge on any atom is -0.501 e. The monoisotopic (exact) mass is 1090 g/mol. The molecule has 11 nitrogen and oxygen atoms in total. The molecular weight excluding hydrogens is 978 g/mol. The van der Waals surface area contributed by atoms with E-state index in [-0.39, 0.29) is 46.9 Å². The van der Waals surface area contributed by atoms with Crippen molar-refractivity contribution in [2.24, 2.45) is 22.0 Å². The highest BCUT2D eigenvalue weighted by molar-refractivity contribution is 8.11. The zero-order chi connectivity index (χ0) is 59.1. The van der Waals surface area contributed by atoms with Crippen LogP contribution in [0.4, 0.5) is 0 Å². The molecule has 1 saturated carbocycles. The van der Waals surface area contributed by atoms with Gasteiger partial charge in [0, 0.05) is 61.5 Å². The van der Waals surface area contributed by atoms with E-state index in [1.165, 1.54) is 29.5 Å². The average Bonchev–Trinajstić information content (AvgIpc) is 3.78. The Morgan fingerprint density at radius 3 is 1.91 bits per heavy atom. The van der Waals surface area contributed by atoms with Crippen molar-refractivity contribution in [3.63, 3.8) is 0 Å². The summed E-state index contributed by atoms with van der Waals surface area (Å²) in [4.78, 5) is 41.1. The molecule has 3 atom stereocenters. The number of aliphatic hydroxyl groups excluding tert-OH is 1. The van der Waals surface area contributed by atoms with E-state index in [0.717, 1.165) is 66.2 Å². The number of nitrogens with zero attached hydrogens (tertiary/aromatic N) is 1.